The van der Waals surface area contributed by atoms with Crippen LogP contribution in [0.5, 0.6) is 0 Å². The standard InChI is InChI=1S/C24H22ClN5O3S/c1-30-9-7-18(12-30)22(31)27-19(13-33-2)23(32)29-24-28-20(14-34-24)17-5-3-4-15(10-17)16-6-8-26-21(25)11-16/h3-12,14,19H,13H2,1-2H3,(H,27,31)(H,28,29,32). The average Bonchev–Trinajstić information content (AvgIpc) is 3.48. The lowest BCUT2D eigenvalue weighted by atomic mass is 10.0. The number of thiazole rings is 1. The Kier molecular flexibility index (Phi) is 7.36. The van der Waals surface area contributed by atoms with Crippen LogP contribution in [0.2, 0.25) is 5.15 Å². The first kappa shape index (κ1) is 23.6. The highest BCUT2D eigenvalue weighted by Gasteiger charge is 2.23. The van der Waals surface area contributed by atoms with Gasteiger partial charge in [0.1, 0.15) is 11.2 Å². The molecule has 0 spiro atoms. The van der Waals surface area contributed by atoms with E-state index < -0.39 is 11.9 Å². The Hall–Kier alpha value is -3.53. The number of anilines is 1. The molecule has 1 aromatic carbocycles. The molecule has 4 aromatic rings. The lowest BCUT2D eigenvalue weighted by molar-refractivity contribution is -0.119. The smallest absolute Gasteiger partial charge is 0.253 e. The van der Waals surface area contributed by atoms with Crippen molar-refractivity contribution < 1.29 is 14.3 Å². The second-order valence-electron chi connectivity index (χ2n) is 7.52. The van der Waals surface area contributed by atoms with Crippen LogP contribution in [0.25, 0.3) is 22.4 Å². The van der Waals surface area contributed by atoms with E-state index in [0.29, 0.717) is 15.8 Å². The lowest BCUT2D eigenvalue weighted by Crippen LogP contribution is -2.46. The van der Waals surface area contributed by atoms with Crippen molar-refractivity contribution in [2.75, 3.05) is 19.0 Å². The molecule has 3 heterocycles. The Bertz CT molecular complexity index is 1320. The van der Waals surface area contributed by atoms with E-state index in [1.807, 2.05) is 42.8 Å². The van der Waals surface area contributed by atoms with Gasteiger partial charge >= 0.3 is 0 Å². The zero-order chi connectivity index (χ0) is 24.1. The number of methoxy groups -OCH3 is 1. The number of nitrogens with zero attached hydrogens (tertiary/aromatic N) is 3. The molecular weight excluding hydrogens is 474 g/mol. The van der Waals surface area contributed by atoms with Gasteiger partial charge in [0.05, 0.1) is 17.9 Å². The maximum absolute atomic E-state index is 12.8. The molecule has 0 bridgehead atoms. The number of benzene rings is 1. The summed E-state index contributed by atoms with van der Waals surface area (Å²) in [5.74, 6) is -0.766. The quantitative estimate of drug-likeness (QED) is 0.356. The van der Waals surface area contributed by atoms with Crippen molar-refractivity contribution in [3.63, 3.8) is 0 Å². The van der Waals surface area contributed by atoms with E-state index in [4.69, 9.17) is 16.3 Å². The SMILES string of the molecule is COCC(NC(=O)c1ccn(C)c1)C(=O)Nc1nc(-c2cccc(-c3ccnc(Cl)c3)c2)cs1. The number of ether oxygens (including phenoxy) is 1. The minimum atomic E-state index is -0.871. The first-order chi connectivity index (χ1) is 16.4. The van der Waals surface area contributed by atoms with Crippen LogP contribution < -0.4 is 10.6 Å². The number of hydrogen-bond acceptors (Lipinski definition) is 6. The van der Waals surface area contributed by atoms with Gasteiger partial charge in [-0.1, -0.05) is 29.8 Å². The molecule has 0 saturated heterocycles. The van der Waals surface area contributed by atoms with Crippen LogP contribution in [0, 0.1) is 0 Å². The van der Waals surface area contributed by atoms with Crippen LogP contribution in [-0.4, -0.2) is 46.1 Å². The summed E-state index contributed by atoms with van der Waals surface area (Å²) in [6, 6.07) is 12.4. The highest BCUT2D eigenvalue weighted by molar-refractivity contribution is 7.14. The van der Waals surface area contributed by atoms with E-state index in [2.05, 4.69) is 20.6 Å². The molecule has 0 fully saturated rings. The molecule has 0 radical (unpaired) electrons. The maximum atomic E-state index is 12.8. The molecule has 2 N–H and O–H groups in total. The van der Waals surface area contributed by atoms with Crippen molar-refractivity contribution in [3.8, 4) is 22.4 Å². The molecule has 174 valence electrons. The van der Waals surface area contributed by atoms with Gasteiger partial charge in [0.25, 0.3) is 11.8 Å². The van der Waals surface area contributed by atoms with Gasteiger partial charge in [-0.05, 0) is 35.4 Å². The summed E-state index contributed by atoms with van der Waals surface area (Å²) < 4.78 is 6.89. The molecule has 1 atom stereocenters. The Balaban J connectivity index is 1.46. The van der Waals surface area contributed by atoms with Gasteiger partial charge in [0.2, 0.25) is 0 Å². The van der Waals surface area contributed by atoms with Crippen LogP contribution in [0.15, 0.2) is 66.4 Å². The predicted molar refractivity (Wildman–Crippen MR) is 133 cm³/mol. The molecular formula is C24H22ClN5O3S. The number of nitrogens with one attached hydrogen (secondary N) is 2. The summed E-state index contributed by atoms with van der Waals surface area (Å²) in [6.07, 6.45) is 5.10. The number of aromatic nitrogens is 3. The van der Waals surface area contributed by atoms with Crippen molar-refractivity contribution in [1.29, 1.82) is 0 Å². The molecule has 0 saturated carbocycles. The summed E-state index contributed by atoms with van der Waals surface area (Å²) in [5, 5.41) is 8.19. The third kappa shape index (κ3) is 5.69. The van der Waals surface area contributed by atoms with E-state index in [1.165, 1.54) is 18.4 Å². The molecule has 4 rings (SSSR count). The number of amides is 2. The van der Waals surface area contributed by atoms with Crippen molar-refractivity contribution >= 4 is 39.9 Å². The summed E-state index contributed by atoms with van der Waals surface area (Å²) >= 11 is 7.32. The fourth-order valence-corrected chi connectivity index (χ4v) is 4.22. The number of hydrogen-bond donors (Lipinski definition) is 2. The number of aryl methyl sites for hydroxylation is 1. The summed E-state index contributed by atoms with van der Waals surface area (Å²) in [7, 11) is 3.29. The highest BCUT2D eigenvalue weighted by atomic mass is 35.5. The van der Waals surface area contributed by atoms with E-state index in [9.17, 15) is 9.59 Å². The van der Waals surface area contributed by atoms with Crippen LogP contribution >= 0.6 is 22.9 Å². The third-order valence-electron chi connectivity index (χ3n) is 5.00. The fraction of sp³-hybridized carbons (Fsp3) is 0.167. The Morgan fingerprint density at radius 3 is 2.71 bits per heavy atom. The summed E-state index contributed by atoms with van der Waals surface area (Å²) in [6.45, 7) is 0.0270. The highest BCUT2D eigenvalue weighted by Crippen LogP contribution is 2.29. The monoisotopic (exact) mass is 495 g/mol. The zero-order valence-electron chi connectivity index (χ0n) is 18.5. The number of rotatable bonds is 8. The molecule has 2 amide bonds. The van der Waals surface area contributed by atoms with Crippen molar-refractivity contribution in [2.45, 2.75) is 6.04 Å². The van der Waals surface area contributed by atoms with Crippen LogP contribution in [0.3, 0.4) is 0 Å². The number of carbonyl (C=O) groups is 2. The topological polar surface area (TPSA) is 98.1 Å². The normalized spacial score (nSPS) is 11.7. The largest absolute Gasteiger partial charge is 0.382 e. The van der Waals surface area contributed by atoms with Crippen molar-refractivity contribution in [3.05, 3.63) is 77.2 Å². The van der Waals surface area contributed by atoms with E-state index in [0.717, 1.165) is 22.4 Å². The first-order valence-corrected chi connectivity index (χ1v) is 11.6. The van der Waals surface area contributed by atoms with Gasteiger partial charge in [-0.2, -0.15) is 0 Å². The maximum Gasteiger partial charge on any atom is 0.253 e. The van der Waals surface area contributed by atoms with Gasteiger partial charge in [-0.25, -0.2) is 9.97 Å². The number of carbonyl (C=O) groups excluding carboxylic acids is 2. The van der Waals surface area contributed by atoms with Crippen molar-refractivity contribution in [2.24, 2.45) is 7.05 Å². The first-order valence-electron chi connectivity index (χ1n) is 10.3. The van der Waals surface area contributed by atoms with Crippen LogP contribution in [0.4, 0.5) is 5.13 Å². The van der Waals surface area contributed by atoms with Crippen LogP contribution in [-0.2, 0) is 16.6 Å². The number of halogens is 1. The minimum absolute atomic E-state index is 0.0270. The van der Waals surface area contributed by atoms with Gasteiger partial charge in [-0.15, -0.1) is 11.3 Å². The predicted octanol–water partition coefficient (Wildman–Crippen LogP) is 4.25. The molecule has 34 heavy (non-hydrogen) atoms. The van der Waals surface area contributed by atoms with Gasteiger partial charge in [-0.3, -0.25) is 9.59 Å². The fourth-order valence-electron chi connectivity index (χ4n) is 3.33. The molecule has 0 aliphatic rings. The molecule has 8 nitrogen and oxygen atoms in total. The minimum Gasteiger partial charge on any atom is -0.382 e. The molecule has 1 unspecified atom stereocenters. The Morgan fingerprint density at radius 1 is 1.18 bits per heavy atom. The second kappa shape index (κ2) is 10.6. The van der Waals surface area contributed by atoms with Gasteiger partial charge in [0.15, 0.2) is 5.13 Å². The molecule has 0 aliphatic carbocycles. The Labute approximate surface area is 205 Å². The van der Waals surface area contributed by atoms with Crippen LogP contribution in [0.1, 0.15) is 10.4 Å². The van der Waals surface area contributed by atoms with E-state index >= 15 is 0 Å². The summed E-state index contributed by atoms with van der Waals surface area (Å²) in [4.78, 5) is 33.9. The molecule has 0 aliphatic heterocycles. The Morgan fingerprint density at radius 2 is 1.97 bits per heavy atom. The zero-order valence-corrected chi connectivity index (χ0v) is 20.1. The third-order valence-corrected chi connectivity index (χ3v) is 5.97. The van der Waals surface area contributed by atoms with E-state index in [1.54, 1.807) is 35.3 Å². The van der Waals surface area contributed by atoms with E-state index in [-0.39, 0.29) is 12.5 Å². The average molecular weight is 496 g/mol. The second-order valence-corrected chi connectivity index (χ2v) is 8.77. The van der Waals surface area contributed by atoms with Gasteiger partial charge in [0, 0.05) is 43.7 Å². The summed E-state index contributed by atoms with van der Waals surface area (Å²) in [5.41, 5.74) is 4.00. The molecule has 10 heteroatoms. The molecule has 3 aromatic heterocycles. The number of pyridine rings is 1. The van der Waals surface area contributed by atoms with Gasteiger partial charge < -0.3 is 19.9 Å². The van der Waals surface area contributed by atoms with Crippen molar-refractivity contribution in [1.82, 2.24) is 19.9 Å². The lowest BCUT2D eigenvalue weighted by Gasteiger charge is -2.16.